The van der Waals surface area contributed by atoms with Gasteiger partial charge in [-0.15, -0.1) is 0 Å². The van der Waals surface area contributed by atoms with Gasteiger partial charge in [0.1, 0.15) is 13.2 Å². The molecule has 0 atom stereocenters. The summed E-state index contributed by atoms with van der Waals surface area (Å²) in [7, 11) is 0. The Morgan fingerprint density at radius 3 is 2.62 bits per heavy atom. The smallest absolute Gasteiger partial charge is 0.271 e. The maximum atomic E-state index is 11.8. The third-order valence-corrected chi connectivity index (χ3v) is 2.98. The number of carbonyl (C=O) groups is 1. The predicted octanol–water partition coefficient (Wildman–Crippen LogP) is 2.22. The van der Waals surface area contributed by atoms with E-state index >= 15 is 0 Å². The summed E-state index contributed by atoms with van der Waals surface area (Å²) in [6.45, 7) is 1.10. The summed E-state index contributed by atoms with van der Waals surface area (Å²) >= 11 is 0. The number of nitrogens with zero attached hydrogens (tertiary/aromatic N) is 1. The normalized spacial score (nSPS) is 13.1. The second-order valence-electron chi connectivity index (χ2n) is 4.47. The zero-order chi connectivity index (χ0) is 14.5. The second-order valence-corrected chi connectivity index (χ2v) is 4.47. The highest BCUT2D eigenvalue weighted by molar-refractivity contribution is 5.94. The molecule has 0 saturated heterocycles. The maximum absolute atomic E-state index is 11.8. The zero-order valence-corrected chi connectivity index (χ0v) is 11.3. The van der Waals surface area contributed by atoms with E-state index in [2.05, 4.69) is 10.5 Å². The van der Waals surface area contributed by atoms with Gasteiger partial charge in [0.05, 0.1) is 6.21 Å². The Balaban J connectivity index is 1.65. The quantitative estimate of drug-likeness (QED) is 0.693. The van der Waals surface area contributed by atoms with Crippen LogP contribution in [0.2, 0.25) is 0 Å². The molecule has 1 aliphatic rings. The number of carbonyl (C=O) groups excluding carboxylic acids is 1. The van der Waals surface area contributed by atoms with E-state index in [4.69, 9.17) is 9.47 Å². The fourth-order valence-corrected chi connectivity index (χ4v) is 1.96. The molecular formula is C16H14N2O3. The third-order valence-electron chi connectivity index (χ3n) is 2.98. The third kappa shape index (κ3) is 3.20. The van der Waals surface area contributed by atoms with Crippen LogP contribution >= 0.6 is 0 Å². The molecule has 1 aliphatic heterocycles. The Morgan fingerprint density at radius 1 is 1.05 bits per heavy atom. The monoisotopic (exact) mass is 282 g/mol. The molecule has 0 aliphatic carbocycles. The molecule has 5 nitrogen and oxygen atoms in total. The SMILES string of the molecule is O=C(N/N=C\c1ccc2c(c1)OCCO2)c1ccccc1. The van der Waals surface area contributed by atoms with Gasteiger partial charge in [0.25, 0.3) is 5.91 Å². The average molecular weight is 282 g/mol. The van der Waals surface area contributed by atoms with Gasteiger partial charge in [-0.3, -0.25) is 4.79 Å². The van der Waals surface area contributed by atoms with Crippen molar-refractivity contribution in [1.29, 1.82) is 0 Å². The number of amides is 1. The Labute approximate surface area is 122 Å². The molecule has 2 aromatic carbocycles. The first-order chi connectivity index (χ1) is 10.3. The van der Waals surface area contributed by atoms with Crippen LogP contribution in [0.3, 0.4) is 0 Å². The van der Waals surface area contributed by atoms with Crippen LogP contribution in [0.15, 0.2) is 53.6 Å². The van der Waals surface area contributed by atoms with Crippen molar-refractivity contribution in [2.24, 2.45) is 5.10 Å². The van der Waals surface area contributed by atoms with Gasteiger partial charge >= 0.3 is 0 Å². The van der Waals surface area contributed by atoms with Crippen molar-refractivity contribution < 1.29 is 14.3 Å². The summed E-state index contributed by atoms with van der Waals surface area (Å²) in [6.07, 6.45) is 1.57. The van der Waals surface area contributed by atoms with Gasteiger partial charge in [-0.2, -0.15) is 5.10 Å². The van der Waals surface area contributed by atoms with E-state index in [1.807, 2.05) is 24.3 Å². The lowest BCUT2D eigenvalue weighted by atomic mass is 10.2. The Kier molecular flexibility index (Phi) is 3.82. The zero-order valence-electron chi connectivity index (χ0n) is 11.3. The molecule has 0 bridgehead atoms. The molecule has 2 aromatic rings. The molecule has 5 heteroatoms. The van der Waals surface area contributed by atoms with Gasteiger partial charge in [-0.1, -0.05) is 18.2 Å². The number of hydrazone groups is 1. The molecular weight excluding hydrogens is 268 g/mol. The molecule has 106 valence electrons. The van der Waals surface area contributed by atoms with Crippen molar-refractivity contribution in [3.63, 3.8) is 0 Å². The molecule has 1 amide bonds. The fraction of sp³-hybridized carbons (Fsp3) is 0.125. The first-order valence-electron chi connectivity index (χ1n) is 6.61. The summed E-state index contributed by atoms with van der Waals surface area (Å²) in [5.74, 6) is 1.18. The second kappa shape index (κ2) is 6.09. The van der Waals surface area contributed by atoms with Crippen LogP contribution in [0.1, 0.15) is 15.9 Å². The highest BCUT2D eigenvalue weighted by atomic mass is 16.6. The lowest BCUT2D eigenvalue weighted by Crippen LogP contribution is -2.17. The number of hydrogen-bond donors (Lipinski definition) is 1. The van der Waals surface area contributed by atoms with E-state index in [0.717, 1.165) is 11.3 Å². The highest BCUT2D eigenvalue weighted by Gasteiger charge is 2.10. The summed E-state index contributed by atoms with van der Waals surface area (Å²) < 4.78 is 10.9. The van der Waals surface area contributed by atoms with Crippen molar-refractivity contribution in [2.75, 3.05) is 13.2 Å². The first-order valence-corrected chi connectivity index (χ1v) is 6.61. The molecule has 1 N–H and O–H groups in total. The van der Waals surface area contributed by atoms with Crippen LogP contribution in [0.4, 0.5) is 0 Å². The Morgan fingerprint density at radius 2 is 1.81 bits per heavy atom. The summed E-state index contributed by atoms with van der Waals surface area (Å²) in [4.78, 5) is 11.8. The Bertz CT molecular complexity index is 668. The number of fused-ring (bicyclic) bond motifs is 1. The molecule has 1 heterocycles. The molecule has 0 spiro atoms. The van der Waals surface area contributed by atoms with Gasteiger partial charge in [0.2, 0.25) is 0 Å². The summed E-state index contributed by atoms with van der Waals surface area (Å²) in [5.41, 5.74) is 3.88. The number of ether oxygens (including phenoxy) is 2. The van der Waals surface area contributed by atoms with Gasteiger partial charge in [-0.05, 0) is 35.9 Å². The minimum absolute atomic E-state index is 0.246. The molecule has 0 aromatic heterocycles. The average Bonchev–Trinajstić information content (AvgIpc) is 2.55. The number of hydrogen-bond acceptors (Lipinski definition) is 4. The molecule has 3 rings (SSSR count). The van der Waals surface area contributed by atoms with Crippen molar-refractivity contribution in [2.45, 2.75) is 0 Å². The van der Waals surface area contributed by atoms with Crippen LogP contribution in [0.25, 0.3) is 0 Å². The van der Waals surface area contributed by atoms with E-state index < -0.39 is 0 Å². The van der Waals surface area contributed by atoms with Crippen LogP contribution in [0, 0.1) is 0 Å². The van der Waals surface area contributed by atoms with Gasteiger partial charge in [0, 0.05) is 5.56 Å². The van der Waals surface area contributed by atoms with E-state index in [1.165, 1.54) is 0 Å². The standard InChI is InChI=1S/C16H14N2O3/c19-16(13-4-2-1-3-5-13)18-17-11-12-6-7-14-15(10-12)21-9-8-20-14/h1-7,10-11H,8-9H2,(H,18,19)/b17-11-. The number of benzene rings is 2. The van der Waals surface area contributed by atoms with Crippen molar-refractivity contribution in [1.82, 2.24) is 5.43 Å². The number of rotatable bonds is 3. The van der Waals surface area contributed by atoms with E-state index in [-0.39, 0.29) is 5.91 Å². The Hall–Kier alpha value is -2.82. The molecule has 0 fully saturated rings. The van der Waals surface area contributed by atoms with Crippen LogP contribution < -0.4 is 14.9 Å². The minimum atomic E-state index is -0.246. The van der Waals surface area contributed by atoms with Gasteiger partial charge in [-0.25, -0.2) is 5.43 Å². The van der Waals surface area contributed by atoms with Crippen molar-refractivity contribution in [3.05, 3.63) is 59.7 Å². The van der Waals surface area contributed by atoms with Crippen LogP contribution in [-0.2, 0) is 0 Å². The molecule has 0 radical (unpaired) electrons. The largest absolute Gasteiger partial charge is 0.486 e. The molecule has 21 heavy (non-hydrogen) atoms. The topological polar surface area (TPSA) is 59.9 Å². The van der Waals surface area contributed by atoms with E-state index in [1.54, 1.807) is 30.5 Å². The molecule has 0 saturated carbocycles. The summed E-state index contributed by atoms with van der Waals surface area (Å²) in [6, 6.07) is 14.4. The summed E-state index contributed by atoms with van der Waals surface area (Å²) in [5, 5.41) is 3.95. The van der Waals surface area contributed by atoms with Gasteiger partial charge < -0.3 is 9.47 Å². The van der Waals surface area contributed by atoms with Crippen LogP contribution in [0.5, 0.6) is 11.5 Å². The first kappa shape index (κ1) is 13.2. The fourth-order valence-electron chi connectivity index (χ4n) is 1.96. The minimum Gasteiger partial charge on any atom is -0.486 e. The van der Waals surface area contributed by atoms with Gasteiger partial charge in [0.15, 0.2) is 11.5 Å². The van der Waals surface area contributed by atoms with E-state index in [9.17, 15) is 4.79 Å². The van der Waals surface area contributed by atoms with Crippen LogP contribution in [-0.4, -0.2) is 25.3 Å². The lowest BCUT2D eigenvalue weighted by Gasteiger charge is -2.18. The maximum Gasteiger partial charge on any atom is 0.271 e. The number of nitrogens with one attached hydrogen (secondary N) is 1. The predicted molar refractivity (Wildman–Crippen MR) is 78.9 cm³/mol. The molecule has 0 unspecified atom stereocenters. The lowest BCUT2D eigenvalue weighted by molar-refractivity contribution is 0.0955. The van der Waals surface area contributed by atoms with E-state index in [0.29, 0.717) is 24.5 Å². The highest BCUT2D eigenvalue weighted by Crippen LogP contribution is 2.30. The van der Waals surface area contributed by atoms with Crippen molar-refractivity contribution in [3.8, 4) is 11.5 Å². The van der Waals surface area contributed by atoms with Crippen molar-refractivity contribution >= 4 is 12.1 Å².